The van der Waals surface area contributed by atoms with Gasteiger partial charge >= 0.3 is 0 Å². The number of para-hydroxylation sites is 1. The van der Waals surface area contributed by atoms with Gasteiger partial charge in [-0.2, -0.15) is 0 Å². The first-order valence-corrected chi connectivity index (χ1v) is 9.07. The van der Waals surface area contributed by atoms with Crippen molar-refractivity contribution in [1.29, 1.82) is 0 Å². The molecule has 0 N–H and O–H groups in total. The van der Waals surface area contributed by atoms with E-state index in [-0.39, 0.29) is 12.0 Å². The van der Waals surface area contributed by atoms with Crippen LogP contribution in [-0.2, 0) is 18.3 Å². The number of amides is 1. The number of carbonyl (C=O) groups excluding carboxylic acids is 1. The fraction of sp³-hybridized carbons (Fsp3) is 0.400. The van der Waals surface area contributed by atoms with Crippen molar-refractivity contribution in [2.24, 2.45) is 7.05 Å². The van der Waals surface area contributed by atoms with Gasteiger partial charge in [0.2, 0.25) is 0 Å². The highest BCUT2D eigenvalue weighted by molar-refractivity contribution is 6.07. The first-order chi connectivity index (χ1) is 12.6. The molecule has 1 atom stereocenters. The van der Waals surface area contributed by atoms with Crippen LogP contribution < -0.4 is 0 Å². The van der Waals surface area contributed by atoms with Crippen molar-refractivity contribution in [1.82, 2.24) is 19.0 Å². The minimum Gasteiger partial charge on any atom is -0.367 e. The summed E-state index contributed by atoms with van der Waals surface area (Å²) in [6.07, 6.45) is 3.77. The SMILES string of the molecule is CCn1cc(C(=O)N2CCO[C@H](c3nc(C)cn3C)C2)c2ccccc21. The van der Waals surface area contributed by atoms with Gasteiger partial charge in [-0.1, -0.05) is 18.2 Å². The number of imidazole rings is 1. The average Bonchev–Trinajstić information content (AvgIpc) is 3.20. The zero-order valence-corrected chi connectivity index (χ0v) is 15.5. The topological polar surface area (TPSA) is 52.3 Å². The molecule has 1 aromatic carbocycles. The molecule has 0 aliphatic carbocycles. The van der Waals surface area contributed by atoms with Crippen LogP contribution in [0, 0.1) is 6.92 Å². The monoisotopic (exact) mass is 352 g/mol. The number of fused-ring (bicyclic) bond motifs is 1. The molecule has 1 saturated heterocycles. The molecule has 0 saturated carbocycles. The third-order valence-corrected chi connectivity index (χ3v) is 5.03. The maximum absolute atomic E-state index is 13.2. The van der Waals surface area contributed by atoms with Crippen molar-refractivity contribution in [3.05, 3.63) is 53.7 Å². The highest BCUT2D eigenvalue weighted by Gasteiger charge is 2.30. The molecular formula is C20H24N4O2. The number of rotatable bonds is 3. The van der Waals surface area contributed by atoms with Crippen molar-refractivity contribution in [3.8, 4) is 0 Å². The second kappa shape index (κ2) is 6.61. The summed E-state index contributed by atoms with van der Waals surface area (Å²) in [4.78, 5) is 19.7. The van der Waals surface area contributed by atoms with Gasteiger partial charge < -0.3 is 18.8 Å². The molecule has 136 valence electrons. The summed E-state index contributed by atoms with van der Waals surface area (Å²) in [6.45, 7) is 6.55. The van der Waals surface area contributed by atoms with Crippen LogP contribution in [0.25, 0.3) is 10.9 Å². The van der Waals surface area contributed by atoms with Gasteiger partial charge in [0.1, 0.15) is 11.9 Å². The Bertz CT molecular complexity index is 956. The van der Waals surface area contributed by atoms with Crippen molar-refractivity contribution in [2.75, 3.05) is 19.7 Å². The Hall–Kier alpha value is -2.60. The van der Waals surface area contributed by atoms with E-state index in [0.29, 0.717) is 19.7 Å². The van der Waals surface area contributed by atoms with Crippen molar-refractivity contribution in [3.63, 3.8) is 0 Å². The van der Waals surface area contributed by atoms with E-state index < -0.39 is 0 Å². The average molecular weight is 352 g/mol. The van der Waals surface area contributed by atoms with E-state index in [9.17, 15) is 4.79 Å². The lowest BCUT2D eigenvalue weighted by molar-refractivity contribution is -0.0278. The van der Waals surface area contributed by atoms with Gasteiger partial charge in [0, 0.05) is 43.4 Å². The molecule has 1 aliphatic rings. The van der Waals surface area contributed by atoms with E-state index >= 15 is 0 Å². The highest BCUT2D eigenvalue weighted by Crippen LogP contribution is 2.26. The van der Waals surface area contributed by atoms with Gasteiger partial charge in [0.25, 0.3) is 5.91 Å². The summed E-state index contributed by atoms with van der Waals surface area (Å²) in [5, 5.41) is 1.01. The van der Waals surface area contributed by atoms with E-state index in [1.165, 1.54) is 0 Å². The lowest BCUT2D eigenvalue weighted by Gasteiger charge is -2.32. The van der Waals surface area contributed by atoms with Gasteiger partial charge in [-0.3, -0.25) is 4.79 Å². The number of hydrogen-bond acceptors (Lipinski definition) is 3. The highest BCUT2D eigenvalue weighted by atomic mass is 16.5. The predicted molar refractivity (Wildman–Crippen MR) is 100 cm³/mol. The molecule has 1 amide bonds. The quantitative estimate of drug-likeness (QED) is 0.728. The van der Waals surface area contributed by atoms with Crippen molar-refractivity contribution >= 4 is 16.8 Å². The largest absolute Gasteiger partial charge is 0.367 e. The lowest BCUT2D eigenvalue weighted by atomic mass is 10.1. The standard InChI is InChI=1S/C20H24N4O2/c1-4-23-12-16(15-7-5-6-8-17(15)23)20(25)24-9-10-26-18(13-24)19-21-14(2)11-22(19)3/h5-8,11-12,18H,4,9-10,13H2,1-3H3/t18-/m0/s1. The molecule has 3 heterocycles. The molecule has 26 heavy (non-hydrogen) atoms. The molecule has 0 radical (unpaired) electrons. The summed E-state index contributed by atoms with van der Waals surface area (Å²) in [5.74, 6) is 0.934. The van der Waals surface area contributed by atoms with E-state index in [0.717, 1.165) is 34.5 Å². The molecular weight excluding hydrogens is 328 g/mol. The Kier molecular flexibility index (Phi) is 4.28. The Morgan fingerprint density at radius 2 is 2.12 bits per heavy atom. The van der Waals surface area contributed by atoms with Crippen LogP contribution in [0.15, 0.2) is 36.7 Å². The first kappa shape index (κ1) is 16.8. The van der Waals surface area contributed by atoms with Gasteiger partial charge in [-0.15, -0.1) is 0 Å². The fourth-order valence-corrected chi connectivity index (χ4v) is 3.77. The third kappa shape index (κ3) is 2.80. The second-order valence-corrected chi connectivity index (χ2v) is 6.81. The normalized spacial score (nSPS) is 17.8. The summed E-state index contributed by atoms with van der Waals surface area (Å²) in [5.41, 5.74) is 2.82. The Labute approximate surface area is 153 Å². The van der Waals surface area contributed by atoms with E-state index in [1.54, 1.807) is 0 Å². The molecule has 0 bridgehead atoms. The molecule has 1 aliphatic heterocycles. The van der Waals surface area contributed by atoms with Crippen molar-refractivity contribution in [2.45, 2.75) is 26.5 Å². The summed E-state index contributed by atoms with van der Waals surface area (Å²) >= 11 is 0. The molecule has 0 unspecified atom stereocenters. The minimum absolute atomic E-state index is 0.0626. The lowest BCUT2D eigenvalue weighted by Crippen LogP contribution is -2.42. The Morgan fingerprint density at radius 1 is 1.31 bits per heavy atom. The number of carbonyl (C=O) groups is 1. The summed E-state index contributed by atoms with van der Waals surface area (Å²) in [6, 6.07) is 8.08. The summed E-state index contributed by atoms with van der Waals surface area (Å²) < 4.78 is 10.0. The predicted octanol–water partition coefficient (Wildman–Crippen LogP) is 2.92. The van der Waals surface area contributed by atoms with Gasteiger partial charge in [0.15, 0.2) is 0 Å². The van der Waals surface area contributed by atoms with E-state index in [2.05, 4.69) is 22.5 Å². The zero-order chi connectivity index (χ0) is 18.3. The van der Waals surface area contributed by atoms with Crippen LogP contribution >= 0.6 is 0 Å². The molecule has 3 aromatic rings. The second-order valence-electron chi connectivity index (χ2n) is 6.81. The number of morpholine rings is 1. The maximum atomic E-state index is 13.2. The maximum Gasteiger partial charge on any atom is 0.256 e. The number of ether oxygens (including phenoxy) is 1. The summed E-state index contributed by atoms with van der Waals surface area (Å²) in [7, 11) is 1.97. The molecule has 4 rings (SSSR count). The molecule has 1 fully saturated rings. The Balaban J connectivity index is 1.63. The van der Waals surface area contributed by atoms with Gasteiger partial charge in [-0.25, -0.2) is 4.98 Å². The van der Waals surface area contributed by atoms with Gasteiger partial charge in [-0.05, 0) is 19.9 Å². The number of hydrogen-bond donors (Lipinski definition) is 0. The van der Waals surface area contributed by atoms with Crippen LogP contribution in [0.5, 0.6) is 0 Å². The van der Waals surface area contributed by atoms with Gasteiger partial charge in [0.05, 0.1) is 24.4 Å². The van der Waals surface area contributed by atoms with Crippen LogP contribution in [0.1, 0.15) is 34.9 Å². The van der Waals surface area contributed by atoms with E-state index in [1.807, 2.05) is 54.0 Å². The number of benzene rings is 1. The number of nitrogens with zero attached hydrogens (tertiary/aromatic N) is 4. The van der Waals surface area contributed by atoms with Crippen LogP contribution in [0.2, 0.25) is 0 Å². The fourth-order valence-electron chi connectivity index (χ4n) is 3.77. The van der Waals surface area contributed by atoms with Crippen molar-refractivity contribution < 1.29 is 9.53 Å². The van der Waals surface area contributed by atoms with Crippen LogP contribution in [0.4, 0.5) is 0 Å². The van der Waals surface area contributed by atoms with E-state index in [4.69, 9.17) is 4.74 Å². The minimum atomic E-state index is -0.189. The third-order valence-electron chi connectivity index (χ3n) is 5.03. The first-order valence-electron chi connectivity index (χ1n) is 9.07. The van der Waals surface area contributed by atoms with Crippen LogP contribution in [0.3, 0.4) is 0 Å². The molecule has 6 nitrogen and oxygen atoms in total. The zero-order valence-electron chi connectivity index (χ0n) is 15.5. The Morgan fingerprint density at radius 3 is 2.85 bits per heavy atom. The smallest absolute Gasteiger partial charge is 0.256 e. The molecule has 6 heteroatoms. The number of aryl methyl sites for hydroxylation is 3. The van der Waals surface area contributed by atoms with Crippen LogP contribution in [-0.4, -0.2) is 44.6 Å². The molecule has 0 spiro atoms. The molecule has 2 aromatic heterocycles. The number of aromatic nitrogens is 3.